The van der Waals surface area contributed by atoms with E-state index in [4.69, 9.17) is 4.42 Å². The molecular weight excluding hydrogens is 499 g/mol. The summed E-state index contributed by atoms with van der Waals surface area (Å²) in [6.45, 7) is 5.02. The molecule has 0 bridgehead atoms. The molecule has 2 heterocycles. The van der Waals surface area contributed by atoms with E-state index in [9.17, 15) is 4.21 Å². The van der Waals surface area contributed by atoms with Gasteiger partial charge in [0, 0.05) is 41.4 Å². The number of furan rings is 1. The number of nitrogens with zero attached hydrogens (tertiary/aromatic N) is 2. The smallest absolute Gasteiger partial charge is 0.191 e. The van der Waals surface area contributed by atoms with Crippen molar-refractivity contribution in [3.05, 3.63) is 24.2 Å². The van der Waals surface area contributed by atoms with Gasteiger partial charge in [-0.2, -0.15) is 0 Å². The first-order valence-electron chi connectivity index (χ1n) is 10.8. The Morgan fingerprint density at radius 3 is 2.76 bits per heavy atom. The number of aliphatic imine (C=N–C) groups is 1. The van der Waals surface area contributed by atoms with E-state index in [1.807, 2.05) is 20.0 Å². The van der Waals surface area contributed by atoms with Crippen LogP contribution in [-0.2, 0) is 10.8 Å². The third kappa shape index (κ3) is 7.24. The van der Waals surface area contributed by atoms with Crippen molar-refractivity contribution in [2.45, 2.75) is 69.2 Å². The normalized spacial score (nSPS) is 25.7. The average Bonchev–Trinajstić information content (AvgIpc) is 3.28. The van der Waals surface area contributed by atoms with Gasteiger partial charge < -0.3 is 15.1 Å². The van der Waals surface area contributed by atoms with Crippen LogP contribution in [0.15, 0.2) is 27.8 Å². The lowest BCUT2D eigenvalue weighted by atomic mass is 9.95. The minimum Gasteiger partial charge on any atom is -0.468 e. The maximum atomic E-state index is 12.2. The molecule has 29 heavy (non-hydrogen) atoms. The fraction of sp³-hybridized carbons (Fsp3) is 0.762. The van der Waals surface area contributed by atoms with E-state index in [0.29, 0.717) is 11.3 Å². The van der Waals surface area contributed by atoms with Gasteiger partial charge in [0.1, 0.15) is 5.76 Å². The molecule has 3 rings (SSSR count). The summed E-state index contributed by atoms with van der Waals surface area (Å²) in [5.41, 5.74) is 0. The summed E-state index contributed by atoms with van der Waals surface area (Å²) in [4.78, 5) is 6.96. The van der Waals surface area contributed by atoms with E-state index in [1.165, 1.54) is 19.3 Å². The van der Waals surface area contributed by atoms with Gasteiger partial charge in [0.15, 0.2) is 5.96 Å². The van der Waals surface area contributed by atoms with E-state index >= 15 is 0 Å². The lowest BCUT2D eigenvalue weighted by Gasteiger charge is -2.34. The van der Waals surface area contributed by atoms with E-state index in [1.54, 1.807) is 6.26 Å². The second-order valence-corrected chi connectivity index (χ2v) is 9.89. The van der Waals surface area contributed by atoms with Crippen molar-refractivity contribution >= 4 is 40.7 Å². The Balaban J connectivity index is 0.00000300. The van der Waals surface area contributed by atoms with E-state index < -0.39 is 10.8 Å². The minimum absolute atomic E-state index is 0. The molecule has 1 aliphatic carbocycles. The maximum Gasteiger partial charge on any atom is 0.191 e. The van der Waals surface area contributed by atoms with Crippen molar-refractivity contribution in [3.63, 3.8) is 0 Å². The number of nitrogens with one attached hydrogen (secondary N) is 2. The van der Waals surface area contributed by atoms with Crippen molar-refractivity contribution in [1.82, 2.24) is 15.5 Å². The molecule has 0 spiro atoms. The number of rotatable bonds is 7. The Bertz CT molecular complexity index is 635. The molecule has 0 amide bonds. The molecule has 1 aliphatic heterocycles. The van der Waals surface area contributed by atoms with E-state index in [0.717, 1.165) is 62.8 Å². The molecule has 1 saturated heterocycles. The summed E-state index contributed by atoms with van der Waals surface area (Å²) in [5.74, 6) is 2.60. The van der Waals surface area contributed by atoms with Crippen LogP contribution in [0, 0.1) is 0 Å². The summed E-state index contributed by atoms with van der Waals surface area (Å²) in [6.07, 6.45) is 9.88. The van der Waals surface area contributed by atoms with Gasteiger partial charge in [-0.25, -0.2) is 0 Å². The van der Waals surface area contributed by atoms with Crippen molar-refractivity contribution in [3.8, 4) is 0 Å². The lowest BCUT2D eigenvalue weighted by molar-refractivity contribution is 0.146. The zero-order chi connectivity index (χ0) is 19.8. The zero-order valence-corrected chi connectivity index (χ0v) is 20.9. The lowest BCUT2D eigenvalue weighted by Crippen LogP contribution is -2.49. The molecule has 1 aromatic heterocycles. The van der Waals surface area contributed by atoms with Gasteiger partial charge in [-0.1, -0.05) is 19.8 Å². The average molecular weight is 537 g/mol. The van der Waals surface area contributed by atoms with Crippen LogP contribution >= 0.6 is 24.0 Å². The van der Waals surface area contributed by atoms with Gasteiger partial charge in [0.05, 0.1) is 12.3 Å². The number of hydrogen-bond acceptors (Lipinski definition) is 4. The van der Waals surface area contributed by atoms with Gasteiger partial charge in [0.25, 0.3) is 0 Å². The van der Waals surface area contributed by atoms with Crippen molar-refractivity contribution < 1.29 is 8.63 Å². The topological polar surface area (TPSA) is 69.9 Å². The van der Waals surface area contributed by atoms with Crippen molar-refractivity contribution in [2.24, 2.45) is 4.99 Å². The molecule has 1 aromatic rings. The van der Waals surface area contributed by atoms with Crippen LogP contribution in [-0.4, -0.2) is 58.8 Å². The summed E-state index contributed by atoms with van der Waals surface area (Å²) >= 11 is 0. The third-order valence-corrected chi connectivity index (χ3v) is 7.75. The first kappa shape index (κ1) is 24.7. The number of likely N-dealkylation sites (tertiary alicyclic amines) is 1. The fourth-order valence-electron chi connectivity index (χ4n) is 4.45. The second-order valence-electron chi connectivity index (χ2n) is 7.88. The number of guanidine groups is 1. The van der Waals surface area contributed by atoms with Crippen molar-refractivity contribution in [2.75, 3.05) is 32.4 Å². The zero-order valence-electron chi connectivity index (χ0n) is 17.8. The van der Waals surface area contributed by atoms with E-state index in [-0.39, 0.29) is 30.0 Å². The molecule has 2 N–H and O–H groups in total. The molecule has 4 unspecified atom stereocenters. The molecular formula is C21H37IN4O2S. The molecule has 6 nitrogen and oxygen atoms in total. The first-order chi connectivity index (χ1) is 13.7. The molecule has 2 aliphatic rings. The van der Waals surface area contributed by atoms with Gasteiger partial charge >= 0.3 is 0 Å². The summed E-state index contributed by atoms with van der Waals surface area (Å²) in [5, 5.41) is 7.41. The Hall–Kier alpha value is -0.610. The monoisotopic (exact) mass is 536 g/mol. The number of halogens is 1. The molecule has 0 radical (unpaired) electrons. The number of hydrogen-bond donors (Lipinski definition) is 2. The van der Waals surface area contributed by atoms with Crippen LogP contribution in [0.25, 0.3) is 0 Å². The molecule has 0 aromatic carbocycles. The summed E-state index contributed by atoms with van der Waals surface area (Å²) in [7, 11) is 1.12. The molecule has 166 valence electrons. The van der Waals surface area contributed by atoms with Gasteiger partial charge in [-0.05, 0) is 57.3 Å². The molecule has 2 fully saturated rings. The molecule has 1 saturated carbocycles. The highest BCUT2D eigenvalue weighted by Gasteiger charge is 2.27. The standard InChI is InChI=1S/C21H36N4O2S.HI/c1-3-28(26)18-10-7-9-17(15-18)24-21(22-2)23-16-19(20-11-8-14-27-20)25-12-5-4-6-13-25;/h8,11,14,17-19H,3-7,9-10,12-13,15-16H2,1-2H3,(H2,22,23,24);1H. The predicted molar refractivity (Wildman–Crippen MR) is 132 cm³/mol. The Kier molecular flexibility index (Phi) is 11.0. The molecule has 4 atom stereocenters. The van der Waals surface area contributed by atoms with Crippen LogP contribution in [0.2, 0.25) is 0 Å². The quantitative estimate of drug-likeness (QED) is 0.316. The highest BCUT2D eigenvalue weighted by Crippen LogP contribution is 2.25. The van der Waals surface area contributed by atoms with Gasteiger partial charge in [-0.3, -0.25) is 14.1 Å². The Morgan fingerprint density at radius 1 is 1.31 bits per heavy atom. The van der Waals surface area contributed by atoms with Crippen LogP contribution in [0.1, 0.15) is 63.7 Å². The number of piperidine rings is 1. The van der Waals surface area contributed by atoms with Crippen LogP contribution in [0.4, 0.5) is 0 Å². The highest BCUT2D eigenvalue weighted by atomic mass is 127. The minimum atomic E-state index is -0.705. The van der Waals surface area contributed by atoms with Crippen molar-refractivity contribution in [1.29, 1.82) is 0 Å². The van der Waals surface area contributed by atoms with Gasteiger partial charge in [0.2, 0.25) is 0 Å². The van der Waals surface area contributed by atoms with Crippen LogP contribution < -0.4 is 10.6 Å². The third-order valence-electron chi connectivity index (χ3n) is 6.01. The highest BCUT2D eigenvalue weighted by molar-refractivity contribution is 14.0. The summed E-state index contributed by atoms with van der Waals surface area (Å²) in [6, 6.07) is 4.61. The fourth-order valence-corrected chi connectivity index (χ4v) is 5.80. The summed E-state index contributed by atoms with van der Waals surface area (Å²) < 4.78 is 18.0. The predicted octanol–water partition coefficient (Wildman–Crippen LogP) is 3.67. The maximum absolute atomic E-state index is 12.2. The second kappa shape index (κ2) is 12.9. The molecule has 8 heteroatoms. The first-order valence-corrected chi connectivity index (χ1v) is 12.2. The van der Waals surface area contributed by atoms with Crippen LogP contribution in [0.5, 0.6) is 0 Å². The SMILES string of the molecule is CCS(=O)C1CCCC(NC(=NC)NCC(c2ccco2)N2CCCCC2)C1.I. The largest absolute Gasteiger partial charge is 0.468 e. The van der Waals surface area contributed by atoms with Crippen LogP contribution in [0.3, 0.4) is 0 Å². The Labute approximate surface area is 195 Å². The van der Waals surface area contributed by atoms with E-state index in [2.05, 4.69) is 26.6 Å². The van der Waals surface area contributed by atoms with Gasteiger partial charge in [-0.15, -0.1) is 24.0 Å². The Morgan fingerprint density at radius 2 is 2.10 bits per heavy atom.